The SMILES string of the molecule is Cc1ccc(-c2noc(C(C)c3ccc(CC(C)C)cc3)n2)cc1N. The molecule has 0 spiro atoms. The lowest BCUT2D eigenvalue weighted by molar-refractivity contribution is 0.371. The molecular weight excluding hydrogens is 310 g/mol. The fourth-order valence-corrected chi connectivity index (χ4v) is 2.86. The van der Waals surface area contributed by atoms with E-state index in [1.165, 1.54) is 11.1 Å². The molecule has 0 aliphatic rings. The molecule has 0 aliphatic carbocycles. The van der Waals surface area contributed by atoms with Crippen LogP contribution in [0.25, 0.3) is 11.4 Å². The molecular formula is C21H25N3O. The molecule has 0 bridgehead atoms. The molecule has 25 heavy (non-hydrogen) atoms. The average molecular weight is 335 g/mol. The lowest BCUT2D eigenvalue weighted by Gasteiger charge is -2.09. The highest BCUT2D eigenvalue weighted by molar-refractivity contribution is 5.63. The van der Waals surface area contributed by atoms with Gasteiger partial charge in [-0.05, 0) is 48.9 Å². The standard InChI is InChI=1S/C21H25N3O/c1-13(2)11-16-6-9-17(10-7-16)15(4)21-23-20(24-25-21)18-8-5-14(3)19(22)12-18/h5-10,12-13,15H,11,22H2,1-4H3. The Bertz CT molecular complexity index is 850. The van der Waals surface area contributed by atoms with Gasteiger partial charge >= 0.3 is 0 Å². The number of hydrogen-bond donors (Lipinski definition) is 1. The predicted octanol–water partition coefficient (Wildman–Crippen LogP) is 4.98. The zero-order chi connectivity index (χ0) is 18.0. The van der Waals surface area contributed by atoms with E-state index in [1.807, 2.05) is 25.1 Å². The fourth-order valence-electron chi connectivity index (χ4n) is 2.86. The van der Waals surface area contributed by atoms with Crippen molar-refractivity contribution < 1.29 is 4.52 Å². The Labute approximate surface area is 149 Å². The van der Waals surface area contributed by atoms with Crippen LogP contribution in [-0.4, -0.2) is 10.1 Å². The van der Waals surface area contributed by atoms with Crippen LogP contribution in [0, 0.1) is 12.8 Å². The second kappa shape index (κ2) is 7.09. The van der Waals surface area contributed by atoms with Gasteiger partial charge in [0.1, 0.15) is 0 Å². The van der Waals surface area contributed by atoms with Crippen molar-refractivity contribution in [2.45, 2.75) is 40.0 Å². The molecule has 0 saturated heterocycles. The molecule has 0 fully saturated rings. The summed E-state index contributed by atoms with van der Waals surface area (Å²) in [5.41, 5.74) is 11.2. The van der Waals surface area contributed by atoms with Gasteiger partial charge in [0.25, 0.3) is 0 Å². The third-order valence-corrected chi connectivity index (χ3v) is 4.47. The molecule has 4 heteroatoms. The molecule has 2 N–H and O–H groups in total. The Kier molecular flexibility index (Phi) is 4.88. The second-order valence-corrected chi connectivity index (χ2v) is 7.09. The first kappa shape index (κ1) is 17.2. The summed E-state index contributed by atoms with van der Waals surface area (Å²) in [7, 11) is 0. The Balaban J connectivity index is 1.80. The topological polar surface area (TPSA) is 64.9 Å². The van der Waals surface area contributed by atoms with Gasteiger partial charge in [0, 0.05) is 11.3 Å². The fraction of sp³-hybridized carbons (Fsp3) is 0.333. The minimum absolute atomic E-state index is 0.0529. The van der Waals surface area contributed by atoms with Gasteiger partial charge in [0.15, 0.2) is 0 Å². The van der Waals surface area contributed by atoms with Crippen molar-refractivity contribution >= 4 is 5.69 Å². The van der Waals surface area contributed by atoms with Crippen LogP contribution in [0.2, 0.25) is 0 Å². The average Bonchev–Trinajstić information content (AvgIpc) is 3.07. The van der Waals surface area contributed by atoms with Crippen LogP contribution in [0.3, 0.4) is 0 Å². The Morgan fingerprint density at radius 3 is 2.40 bits per heavy atom. The number of nitrogen functional groups attached to an aromatic ring is 1. The van der Waals surface area contributed by atoms with Crippen molar-refractivity contribution in [2.24, 2.45) is 5.92 Å². The van der Waals surface area contributed by atoms with Gasteiger partial charge in [-0.3, -0.25) is 0 Å². The number of aromatic nitrogens is 2. The summed E-state index contributed by atoms with van der Waals surface area (Å²) in [5, 5.41) is 4.12. The van der Waals surface area contributed by atoms with Crippen molar-refractivity contribution in [3.63, 3.8) is 0 Å². The molecule has 4 nitrogen and oxygen atoms in total. The Morgan fingerprint density at radius 2 is 1.76 bits per heavy atom. The highest BCUT2D eigenvalue weighted by Crippen LogP contribution is 2.27. The van der Waals surface area contributed by atoms with E-state index >= 15 is 0 Å². The molecule has 0 aliphatic heterocycles. The summed E-state index contributed by atoms with van der Waals surface area (Å²) in [6.07, 6.45) is 1.09. The highest BCUT2D eigenvalue weighted by Gasteiger charge is 2.17. The van der Waals surface area contributed by atoms with Crippen molar-refractivity contribution in [1.82, 2.24) is 10.1 Å². The summed E-state index contributed by atoms with van der Waals surface area (Å²) >= 11 is 0. The van der Waals surface area contributed by atoms with E-state index in [2.05, 4.69) is 55.2 Å². The maximum atomic E-state index is 5.98. The molecule has 1 atom stereocenters. The van der Waals surface area contributed by atoms with Crippen LogP contribution in [0.1, 0.15) is 49.3 Å². The first-order valence-corrected chi connectivity index (χ1v) is 8.73. The van der Waals surface area contributed by atoms with E-state index < -0.39 is 0 Å². The van der Waals surface area contributed by atoms with E-state index in [0.717, 1.165) is 23.2 Å². The molecule has 3 aromatic rings. The molecule has 0 radical (unpaired) electrons. The summed E-state index contributed by atoms with van der Waals surface area (Å²) in [6.45, 7) is 8.52. The summed E-state index contributed by atoms with van der Waals surface area (Å²) in [5.74, 6) is 1.90. The molecule has 1 unspecified atom stereocenters. The first-order valence-electron chi connectivity index (χ1n) is 8.73. The Hall–Kier alpha value is -2.62. The molecule has 1 heterocycles. The smallest absolute Gasteiger partial charge is 0.234 e. The van der Waals surface area contributed by atoms with Crippen molar-refractivity contribution in [3.05, 3.63) is 65.0 Å². The zero-order valence-corrected chi connectivity index (χ0v) is 15.3. The van der Waals surface area contributed by atoms with Gasteiger partial charge in [-0.15, -0.1) is 0 Å². The highest BCUT2D eigenvalue weighted by atomic mass is 16.5. The monoisotopic (exact) mass is 335 g/mol. The van der Waals surface area contributed by atoms with Crippen LogP contribution in [0.15, 0.2) is 47.0 Å². The van der Waals surface area contributed by atoms with Crippen LogP contribution in [-0.2, 0) is 6.42 Å². The molecule has 0 saturated carbocycles. The Morgan fingerprint density at radius 1 is 1.04 bits per heavy atom. The van der Waals surface area contributed by atoms with E-state index in [0.29, 0.717) is 17.6 Å². The quantitative estimate of drug-likeness (QED) is 0.668. The number of nitrogens with zero attached hydrogens (tertiary/aromatic N) is 2. The van der Waals surface area contributed by atoms with Crippen LogP contribution < -0.4 is 5.73 Å². The third kappa shape index (κ3) is 3.90. The number of anilines is 1. The van der Waals surface area contributed by atoms with Crippen molar-refractivity contribution in [3.8, 4) is 11.4 Å². The largest absolute Gasteiger partial charge is 0.398 e. The minimum Gasteiger partial charge on any atom is -0.398 e. The summed E-state index contributed by atoms with van der Waals surface area (Å²) in [4.78, 5) is 4.57. The van der Waals surface area contributed by atoms with E-state index in [1.54, 1.807) is 0 Å². The number of rotatable bonds is 5. The van der Waals surface area contributed by atoms with Gasteiger partial charge in [0.05, 0.1) is 5.92 Å². The molecule has 3 rings (SSSR count). The minimum atomic E-state index is 0.0529. The van der Waals surface area contributed by atoms with E-state index in [-0.39, 0.29) is 5.92 Å². The molecule has 0 amide bonds. The summed E-state index contributed by atoms with van der Waals surface area (Å²) in [6, 6.07) is 14.5. The second-order valence-electron chi connectivity index (χ2n) is 7.09. The predicted molar refractivity (Wildman–Crippen MR) is 101 cm³/mol. The summed E-state index contributed by atoms with van der Waals surface area (Å²) < 4.78 is 5.50. The lowest BCUT2D eigenvalue weighted by atomic mass is 9.97. The third-order valence-electron chi connectivity index (χ3n) is 4.47. The zero-order valence-electron chi connectivity index (χ0n) is 15.3. The maximum absolute atomic E-state index is 5.98. The van der Waals surface area contributed by atoms with Gasteiger partial charge in [-0.2, -0.15) is 4.98 Å². The van der Waals surface area contributed by atoms with Gasteiger partial charge in [-0.25, -0.2) is 0 Å². The van der Waals surface area contributed by atoms with Crippen molar-refractivity contribution in [1.29, 1.82) is 0 Å². The normalized spacial score (nSPS) is 12.5. The van der Waals surface area contributed by atoms with Crippen LogP contribution >= 0.6 is 0 Å². The lowest BCUT2D eigenvalue weighted by Crippen LogP contribution is -1.98. The number of hydrogen-bond acceptors (Lipinski definition) is 4. The molecule has 1 aromatic heterocycles. The van der Waals surface area contributed by atoms with Crippen molar-refractivity contribution in [2.75, 3.05) is 5.73 Å². The van der Waals surface area contributed by atoms with Gasteiger partial charge in [0.2, 0.25) is 11.7 Å². The molecule has 2 aromatic carbocycles. The number of nitrogens with two attached hydrogens (primary N) is 1. The van der Waals surface area contributed by atoms with E-state index in [4.69, 9.17) is 10.3 Å². The van der Waals surface area contributed by atoms with Crippen LogP contribution in [0.4, 0.5) is 5.69 Å². The number of aryl methyl sites for hydroxylation is 1. The number of benzene rings is 2. The van der Waals surface area contributed by atoms with Crippen LogP contribution in [0.5, 0.6) is 0 Å². The molecule has 130 valence electrons. The van der Waals surface area contributed by atoms with Gasteiger partial charge in [-0.1, -0.05) is 55.4 Å². The van der Waals surface area contributed by atoms with Gasteiger partial charge < -0.3 is 10.3 Å². The first-order chi connectivity index (χ1) is 11.9. The maximum Gasteiger partial charge on any atom is 0.234 e. The van der Waals surface area contributed by atoms with E-state index in [9.17, 15) is 0 Å².